The Kier molecular flexibility index (Phi) is 6.32. The van der Waals surface area contributed by atoms with Gasteiger partial charge in [0.15, 0.2) is 0 Å². The molecule has 0 spiro atoms. The molecule has 30 heavy (non-hydrogen) atoms. The molecule has 0 aliphatic heterocycles. The van der Waals surface area contributed by atoms with Crippen LogP contribution in [0.3, 0.4) is 0 Å². The fraction of sp³-hybridized carbons (Fsp3) is 1.00. The van der Waals surface area contributed by atoms with Crippen molar-refractivity contribution in [1.82, 2.24) is 0 Å². The van der Waals surface area contributed by atoms with Crippen LogP contribution in [0.2, 0.25) is 0 Å². The van der Waals surface area contributed by atoms with Crippen LogP contribution in [-0.2, 0) is 0 Å². The van der Waals surface area contributed by atoms with Gasteiger partial charge in [0.2, 0.25) is 6.04 Å². The minimum Gasteiger partial charge on any atom is -0.264 e. The predicted molar refractivity (Wildman–Crippen MR) is 124 cm³/mol. The predicted octanol–water partition coefficient (Wildman–Crippen LogP) is 7.75. The number of rotatable bonds is 6. The van der Waals surface area contributed by atoms with E-state index in [0.717, 1.165) is 54.8 Å². The van der Waals surface area contributed by atoms with Gasteiger partial charge in [-0.1, -0.05) is 53.9 Å². The van der Waals surface area contributed by atoms with Crippen LogP contribution < -0.4 is 0 Å². The second-order valence-corrected chi connectivity index (χ2v) is 12.9. The summed E-state index contributed by atoms with van der Waals surface area (Å²) in [4.78, 5) is 11.4. The molecule has 4 saturated carbocycles. The van der Waals surface area contributed by atoms with Crippen molar-refractivity contribution in [3.63, 3.8) is 0 Å². The number of fused-ring (bicyclic) bond motifs is 5. The first-order chi connectivity index (χ1) is 14.2. The zero-order valence-electron chi connectivity index (χ0n) is 20.4. The molecule has 3 nitrogen and oxygen atoms in total. The molecule has 0 unspecified atom stereocenters. The lowest BCUT2D eigenvalue weighted by atomic mass is 9.44. The Morgan fingerprint density at radius 1 is 0.900 bits per heavy atom. The summed E-state index contributed by atoms with van der Waals surface area (Å²) in [6.07, 6.45) is 15.3. The van der Waals surface area contributed by atoms with E-state index >= 15 is 0 Å². The van der Waals surface area contributed by atoms with Gasteiger partial charge in [-0.3, -0.25) is 10.1 Å². The van der Waals surface area contributed by atoms with E-state index in [2.05, 4.69) is 34.6 Å². The molecule has 9 atom stereocenters. The molecule has 0 saturated heterocycles. The van der Waals surface area contributed by atoms with Crippen LogP contribution in [0.5, 0.6) is 0 Å². The molecule has 0 bridgehead atoms. The molecule has 0 N–H and O–H groups in total. The topological polar surface area (TPSA) is 43.1 Å². The fourth-order valence-corrected chi connectivity index (χ4v) is 9.45. The summed E-state index contributed by atoms with van der Waals surface area (Å²) >= 11 is 0. The normalized spacial score (nSPS) is 46.7. The van der Waals surface area contributed by atoms with E-state index in [1.165, 1.54) is 57.8 Å². The molecular formula is C27H47NO2. The number of nitro groups is 1. The van der Waals surface area contributed by atoms with Gasteiger partial charge in [0.1, 0.15) is 0 Å². The van der Waals surface area contributed by atoms with Gasteiger partial charge in [-0.15, -0.1) is 0 Å². The van der Waals surface area contributed by atoms with Crippen LogP contribution in [0.1, 0.15) is 112 Å². The molecule has 0 aromatic carbocycles. The van der Waals surface area contributed by atoms with Crippen LogP contribution in [0.25, 0.3) is 0 Å². The maximum absolute atomic E-state index is 11.4. The molecule has 0 radical (unpaired) electrons. The summed E-state index contributed by atoms with van der Waals surface area (Å²) in [7, 11) is 0. The van der Waals surface area contributed by atoms with Gasteiger partial charge in [-0.05, 0) is 97.2 Å². The third-order valence-electron chi connectivity index (χ3n) is 11.1. The summed E-state index contributed by atoms with van der Waals surface area (Å²) in [5, 5.41) is 11.4. The second-order valence-electron chi connectivity index (χ2n) is 12.9. The van der Waals surface area contributed by atoms with E-state index in [-0.39, 0.29) is 11.0 Å². The smallest absolute Gasteiger partial charge is 0.213 e. The highest BCUT2D eigenvalue weighted by molar-refractivity contribution is 5.09. The summed E-state index contributed by atoms with van der Waals surface area (Å²) in [6.45, 7) is 12.5. The highest BCUT2D eigenvalue weighted by atomic mass is 16.6. The van der Waals surface area contributed by atoms with Crippen LogP contribution in [0.4, 0.5) is 0 Å². The maximum atomic E-state index is 11.4. The largest absolute Gasteiger partial charge is 0.264 e. The molecule has 0 aromatic heterocycles. The first kappa shape index (κ1) is 22.6. The average Bonchev–Trinajstić information content (AvgIpc) is 3.04. The van der Waals surface area contributed by atoms with Gasteiger partial charge < -0.3 is 0 Å². The molecule has 4 aliphatic rings. The SMILES string of the molecule is CC(C)CCC[C@@H](C)[C@@H]1CC[C@@H]2[C@@H]3CC[C@@H]4C[C@H]([N+](=O)[O-])CC[C@]4(C)[C@H]3CC[C@]21C. The van der Waals surface area contributed by atoms with Crippen molar-refractivity contribution in [2.75, 3.05) is 0 Å². The van der Waals surface area contributed by atoms with E-state index in [1.807, 2.05) is 0 Å². The monoisotopic (exact) mass is 417 g/mol. The van der Waals surface area contributed by atoms with Gasteiger partial charge in [-0.25, -0.2) is 0 Å². The molecule has 0 amide bonds. The Bertz CT molecular complexity index is 632. The minimum atomic E-state index is -0.268. The van der Waals surface area contributed by atoms with Crippen molar-refractivity contribution in [1.29, 1.82) is 0 Å². The fourth-order valence-electron chi connectivity index (χ4n) is 9.45. The van der Waals surface area contributed by atoms with Crippen molar-refractivity contribution in [2.45, 2.75) is 118 Å². The third-order valence-corrected chi connectivity index (χ3v) is 11.1. The maximum Gasteiger partial charge on any atom is 0.213 e. The standard InChI is InChI=1S/C27H47NO2/c1-18(2)7-6-8-19(3)23-11-12-24-22-10-9-20-17-21(28(29)30)13-15-26(20,4)25(22)14-16-27(23,24)5/h18-25H,6-17H2,1-5H3/t19-,20-,21-,22+,23+,24-,25+,26+,27+/m1/s1. The molecule has 172 valence electrons. The molecule has 4 fully saturated rings. The van der Waals surface area contributed by atoms with Crippen LogP contribution in [-0.4, -0.2) is 11.0 Å². The second kappa shape index (κ2) is 8.39. The molecule has 0 heterocycles. The Morgan fingerprint density at radius 2 is 1.60 bits per heavy atom. The lowest BCUT2D eigenvalue weighted by Crippen LogP contribution is -2.54. The van der Waals surface area contributed by atoms with E-state index in [0.29, 0.717) is 16.7 Å². The average molecular weight is 418 g/mol. The molecular weight excluding hydrogens is 370 g/mol. The van der Waals surface area contributed by atoms with Gasteiger partial charge in [0, 0.05) is 17.8 Å². The highest BCUT2D eigenvalue weighted by Gasteiger charge is 2.61. The van der Waals surface area contributed by atoms with Crippen LogP contribution in [0.15, 0.2) is 0 Å². The van der Waals surface area contributed by atoms with Crippen molar-refractivity contribution < 1.29 is 4.92 Å². The number of hydrogen-bond donors (Lipinski definition) is 0. The zero-order valence-corrected chi connectivity index (χ0v) is 20.4. The highest BCUT2D eigenvalue weighted by Crippen LogP contribution is 2.68. The number of nitrogens with zero attached hydrogens (tertiary/aromatic N) is 1. The van der Waals surface area contributed by atoms with E-state index < -0.39 is 0 Å². The summed E-state index contributed by atoms with van der Waals surface area (Å²) in [6, 6.07) is -0.268. The summed E-state index contributed by atoms with van der Waals surface area (Å²) in [5.74, 6) is 5.87. The molecule has 3 heteroatoms. The van der Waals surface area contributed by atoms with E-state index in [1.54, 1.807) is 0 Å². The van der Waals surface area contributed by atoms with Crippen molar-refractivity contribution in [2.24, 2.45) is 52.3 Å². The first-order valence-electron chi connectivity index (χ1n) is 13.3. The van der Waals surface area contributed by atoms with Gasteiger partial charge in [-0.2, -0.15) is 0 Å². The quantitative estimate of drug-likeness (QED) is 0.327. The minimum absolute atomic E-state index is 0.0197. The number of hydrogen-bond acceptors (Lipinski definition) is 2. The van der Waals surface area contributed by atoms with Gasteiger partial charge in [0.25, 0.3) is 0 Å². The van der Waals surface area contributed by atoms with Gasteiger partial charge >= 0.3 is 0 Å². The van der Waals surface area contributed by atoms with E-state index in [9.17, 15) is 10.1 Å². The Labute approximate surface area is 185 Å². The van der Waals surface area contributed by atoms with Crippen molar-refractivity contribution >= 4 is 0 Å². The summed E-state index contributed by atoms with van der Waals surface area (Å²) < 4.78 is 0. The third kappa shape index (κ3) is 3.75. The lowest BCUT2D eigenvalue weighted by Gasteiger charge is -2.60. The Morgan fingerprint density at radius 3 is 2.30 bits per heavy atom. The van der Waals surface area contributed by atoms with Gasteiger partial charge in [0.05, 0.1) is 0 Å². The molecule has 4 aliphatic carbocycles. The van der Waals surface area contributed by atoms with Crippen LogP contribution in [0, 0.1) is 62.4 Å². The lowest BCUT2D eigenvalue weighted by molar-refractivity contribution is -0.531. The van der Waals surface area contributed by atoms with E-state index in [4.69, 9.17) is 0 Å². The van der Waals surface area contributed by atoms with Crippen molar-refractivity contribution in [3.05, 3.63) is 10.1 Å². The Hall–Kier alpha value is -0.600. The Balaban J connectivity index is 1.45. The first-order valence-corrected chi connectivity index (χ1v) is 13.3. The van der Waals surface area contributed by atoms with Crippen molar-refractivity contribution in [3.8, 4) is 0 Å². The zero-order chi connectivity index (χ0) is 21.7. The summed E-state index contributed by atoms with van der Waals surface area (Å²) in [5.41, 5.74) is 0.928. The molecule has 4 rings (SSSR count). The molecule has 0 aromatic rings. The van der Waals surface area contributed by atoms with Crippen LogP contribution >= 0.6 is 0 Å².